The van der Waals surface area contributed by atoms with Crippen molar-refractivity contribution in [1.82, 2.24) is 10.2 Å². The highest BCUT2D eigenvalue weighted by atomic mass is 79.9. The molecular weight excluding hydrogens is 282 g/mol. The Labute approximate surface area is 111 Å². The van der Waals surface area contributed by atoms with E-state index in [4.69, 9.17) is 0 Å². The fourth-order valence-electron chi connectivity index (χ4n) is 1.27. The molecule has 1 rings (SSSR count). The van der Waals surface area contributed by atoms with Crippen molar-refractivity contribution in [2.75, 3.05) is 5.32 Å². The van der Waals surface area contributed by atoms with Crippen LogP contribution in [-0.4, -0.2) is 20.9 Å². The molecule has 96 valence electrons. The molecule has 1 atom stereocenters. The molecule has 1 unspecified atom stereocenters. The summed E-state index contributed by atoms with van der Waals surface area (Å²) >= 11 is 3.36. The van der Waals surface area contributed by atoms with Gasteiger partial charge in [0.1, 0.15) is 0 Å². The minimum absolute atomic E-state index is 0.00181. The molecule has 1 amide bonds. The molecule has 0 radical (unpaired) electrons. The number of carbonyl (C=O) groups excluding carboxylic acids is 1. The standard InChI is InChI=1S/C12H20BrN3O/c1-7(2)10(13)11(17)14-9-6-8(15-16-9)12(3,4)5/h6-7,10H,1-5H3,(H2,14,15,16,17). The topological polar surface area (TPSA) is 57.8 Å². The maximum atomic E-state index is 11.8. The van der Waals surface area contributed by atoms with Gasteiger partial charge < -0.3 is 5.32 Å². The Hall–Kier alpha value is -0.840. The molecule has 0 aromatic carbocycles. The van der Waals surface area contributed by atoms with Crippen molar-refractivity contribution >= 4 is 27.7 Å². The number of nitrogens with one attached hydrogen (secondary N) is 2. The second-order valence-corrected chi connectivity index (χ2v) is 6.54. The van der Waals surface area contributed by atoms with Crippen molar-refractivity contribution in [3.05, 3.63) is 11.8 Å². The molecule has 0 saturated heterocycles. The molecule has 4 nitrogen and oxygen atoms in total. The average Bonchev–Trinajstić information content (AvgIpc) is 2.64. The van der Waals surface area contributed by atoms with Gasteiger partial charge in [0, 0.05) is 17.2 Å². The Morgan fingerprint density at radius 2 is 2.06 bits per heavy atom. The van der Waals surface area contributed by atoms with Gasteiger partial charge in [-0.2, -0.15) is 5.10 Å². The number of hydrogen-bond acceptors (Lipinski definition) is 2. The Morgan fingerprint density at radius 1 is 1.47 bits per heavy atom. The van der Waals surface area contributed by atoms with E-state index < -0.39 is 0 Å². The zero-order valence-electron chi connectivity index (χ0n) is 11.0. The molecule has 5 heteroatoms. The van der Waals surface area contributed by atoms with Crippen LogP contribution in [0.4, 0.5) is 5.82 Å². The van der Waals surface area contributed by atoms with Crippen LogP contribution in [0.5, 0.6) is 0 Å². The van der Waals surface area contributed by atoms with Crippen molar-refractivity contribution in [3.8, 4) is 0 Å². The van der Waals surface area contributed by atoms with Crippen LogP contribution in [0.15, 0.2) is 6.07 Å². The predicted molar refractivity (Wildman–Crippen MR) is 73.5 cm³/mol. The lowest BCUT2D eigenvalue weighted by molar-refractivity contribution is -0.116. The first kappa shape index (κ1) is 14.2. The predicted octanol–water partition coefficient (Wildman–Crippen LogP) is 3.07. The largest absolute Gasteiger partial charge is 0.308 e. The monoisotopic (exact) mass is 301 g/mol. The summed E-state index contributed by atoms with van der Waals surface area (Å²) in [5.74, 6) is 0.757. The van der Waals surface area contributed by atoms with Gasteiger partial charge >= 0.3 is 0 Å². The Kier molecular flexibility index (Phi) is 4.36. The SMILES string of the molecule is CC(C)C(Br)C(=O)Nc1cc(C(C)(C)C)[nH]n1. The van der Waals surface area contributed by atoms with E-state index in [1.165, 1.54) is 0 Å². The van der Waals surface area contributed by atoms with Crippen LogP contribution < -0.4 is 5.32 Å². The minimum atomic E-state index is -0.197. The molecule has 1 aromatic rings. The molecule has 0 aliphatic rings. The van der Waals surface area contributed by atoms with Crippen molar-refractivity contribution in [1.29, 1.82) is 0 Å². The van der Waals surface area contributed by atoms with Crippen LogP contribution >= 0.6 is 15.9 Å². The normalized spacial score (nSPS) is 13.8. The van der Waals surface area contributed by atoms with Crippen LogP contribution in [0.1, 0.15) is 40.3 Å². The second kappa shape index (κ2) is 5.21. The third-order valence-electron chi connectivity index (χ3n) is 2.47. The number of hydrogen-bond donors (Lipinski definition) is 2. The molecule has 1 aromatic heterocycles. The molecule has 0 spiro atoms. The lowest BCUT2D eigenvalue weighted by atomic mass is 9.92. The molecule has 0 bridgehead atoms. The highest BCUT2D eigenvalue weighted by molar-refractivity contribution is 9.10. The minimum Gasteiger partial charge on any atom is -0.308 e. The Bertz CT molecular complexity index is 393. The fourth-order valence-corrected chi connectivity index (χ4v) is 1.38. The Morgan fingerprint density at radius 3 is 2.47 bits per heavy atom. The summed E-state index contributed by atoms with van der Waals surface area (Å²) in [7, 11) is 0. The number of amides is 1. The highest BCUT2D eigenvalue weighted by Crippen LogP contribution is 2.22. The van der Waals surface area contributed by atoms with Gasteiger partial charge in [-0.15, -0.1) is 0 Å². The third kappa shape index (κ3) is 3.84. The number of aromatic amines is 1. The number of halogens is 1. The van der Waals surface area contributed by atoms with E-state index in [-0.39, 0.29) is 22.1 Å². The van der Waals surface area contributed by atoms with Gasteiger partial charge in [-0.05, 0) is 5.92 Å². The summed E-state index contributed by atoms with van der Waals surface area (Å²) in [6.07, 6.45) is 0. The number of rotatable bonds is 3. The lowest BCUT2D eigenvalue weighted by Crippen LogP contribution is -2.27. The van der Waals surface area contributed by atoms with E-state index >= 15 is 0 Å². The quantitative estimate of drug-likeness (QED) is 0.843. The van der Waals surface area contributed by atoms with Gasteiger partial charge in [-0.3, -0.25) is 9.89 Å². The summed E-state index contributed by atoms with van der Waals surface area (Å²) < 4.78 is 0. The maximum absolute atomic E-state index is 11.8. The molecule has 0 saturated carbocycles. The molecule has 1 heterocycles. The summed E-state index contributed by atoms with van der Waals surface area (Å²) in [4.78, 5) is 11.6. The van der Waals surface area contributed by atoms with E-state index in [1.54, 1.807) is 0 Å². The number of nitrogens with zero attached hydrogens (tertiary/aromatic N) is 1. The lowest BCUT2D eigenvalue weighted by Gasteiger charge is -2.14. The van der Waals surface area contributed by atoms with Crippen LogP contribution in [0.2, 0.25) is 0 Å². The van der Waals surface area contributed by atoms with Crippen molar-refractivity contribution in [3.63, 3.8) is 0 Å². The first-order valence-corrected chi connectivity index (χ1v) is 6.64. The second-order valence-electron chi connectivity index (χ2n) is 5.55. The van der Waals surface area contributed by atoms with Gasteiger partial charge in [-0.1, -0.05) is 50.5 Å². The van der Waals surface area contributed by atoms with Gasteiger partial charge in [-0.25, -0.2) is 0 Å². The van der Waals surface area contributed by atoms with E-state index in [0.717, 1.165) is 5.69 Å². The van der Waals surface area contributed by atoms with Crippen LogP contribution in [-0.2, 0) is 10.2 Å². The molecule has 2 N–H and O–H groups in total. The zero-order chi connectivity index (χ0) is 13.2. The van der Waals surface area contributed by atoms with Crippen molar-refractivity contribution < 1.29 is 4.79 Å². The van der Waals surface area contributed by atoms with Crippen LogP contribution in [0.3, 0.4) is 0 Å². The molecule has 0 aliphatic carbocycles. The van der Waals surface area contributed by atoms with E-state index in [0.29, 0.717) is 5.82 Å². The number of H-pyrrole nitrogens is 1. The van der Waals surface area contributed by atoms with E-state index in [1.807, 2.05) is 19.9 Å². The van der Waals surface area contributed by atoms with Crippen molar-refractivity contribution in [2.45, 2.75) is 44.9 Å². The van der Waals surface area contributed by atoms with Crippen LogP contribution in [0.25, 0.3) is 0 Å². The fraction of sp³-hybridized carbons (Fsp3) is 0.667. The van der Waals surface area contributed by atoms with Gasteiger partial charge in [0.15, 0.2) is 5.82 Å². The van der Waals surface area contributed by atoms with E-state index in [9.17, 15) is 4.79 Å². The summed E-state index contributed by atoms with van der Waals surface area (Å²) in [6.45, 7) is 10.3. The number of aromatic nitrogens is 2. The zero-order valence-corrected chi connectivity index (χ0v) is 12.6. The van der Waals surface area contributed by atoms with Gasteiger partial charge in [0.25, 0.3) is 0 Å². The van der Waals surface area contributed by atoms with E-state index in [2.05, 4.69) is 52.2 Å². The molecule has 17 heavy (non-hydrogen) atoms. The number of anilines is 1. The Balaban J connectivity index is 2.71. The third-order valence-corrected chi connectivity index (χ3v) is 3.95. The summed E-state index contributed by atoms with van der Waals surface area (Å²) in [5, 5.41) is 9.81. The van der Waals surface area contributed by atoms with Crippen molar-refractivity contribution in [2.24, 2.45) is 5.92 Å². The first-order chi connectivity index (χ1) is 7.71. The number of alkyl halides is 1. The molecular formula is C12H20BrN3O. The summed E-state index contributed by atoms with van der Waals surface area (Å²) in [6, 6.07) is 1.87. The average molecular weight is 302 g/mol. The summed E-state index contributed by atoms with van der Waals surface area (Å²) in [5.41, 5.74) is 1.01. The first-order valence-electron chi connectivity index (χ1n) is 5.72. The van der Waals surface area contributed by atoms with Gasteiger partial charge in [0.05, 0.1) is 4.83 Å². The molecule has 0 aliphatic heterocycles. The molecule has 0 fully saturated rings. The highest BCUT2D eigenvalue weighted by Gasteiger charge is 2.21. The number of carbonyl (C=O) groups is 1. The van der Waals surface area contributed by atoms with Gasteiger partial charge in [0.2, 0.25) is 5.91 Å². The maximum Gasteiger partial charge on any atom is 0.239 e. The van der Waals surface area contributed by atoms with Crippen LogP contribution in [0, 0.1) is 5.92 Å². The smallest absolute Gasteiger partial charge is 0.239 e.